The monoisotopic (exact) mass is 428 g/mol. The van der Waals surface area contributed by atoms with Crippen LogP contribution in [0.25, 0.3) is 11.0 Å². The van der Waals surface area contributed by atoms with E-state index in [9.17, 15) is 13.6 Å². The predicted octanol–water partition coefficient (Wildman–Crippen LogP) is 5.22. The molecule has 0 bridgehead atoms. The molecule has 0 saturated heterocycles. The third kappa shape index (κ3) is 4.19. The number of anilines is 2. The molecular weight excluding hydrogens is 402 g/mol. The summed E-state index contributed by atoms with van der Waals surface area (Å²) in [6.45, 7) is 0. The zero-order valence-electron chi connectivity index (χ0n) is 17.9. The minimum atomic E-state index is -0.983. The van der Waals surface area contributed by atoms with E-state index in [1.165, 1.54) is 26.4 Å². The van der Waals surface area contributed by atoms with Gasteiger partial charge in [-0.05, 0) is 25.0 Å². The average molecular weight is 428 g/mol. The summed E-state index contributed by atoms with van der Waals surface area (Å²) in [7, 11) is 4.97. The summed E-state index contributed by atoms with van der Waals surface area (Å²) in [5.74, 6) is -1.47. The molecule has 0 atom stereocenters. The fourth-order valence-corrected chi connectivity index (χ4v) is 4.17. The molecule has 0 aliphatic heterocycles. The molecule has 0 unspecified atom stereocenters. The van der Waals surface area contributed by atoms with Crippen LogP contribution in [0.5, 0.6) is 5.75 Å². The fraction of sp³-hybridized carbons (Fsp3) is 0.391. The van der Waals surface area contributed by atoms with E-state index in [2.05, 4.69) is 10.3 Å². The summed E-state index contributed by atoms with van der Waals surface area (Å²) in [6.07, 6.45) is 5.88. The SMILES string of the molecule is COc1cc(F)c(C(=O)Nc2cc3[nH]c(C4CCCCC4)nc3cc2N(C)C)c(F)c1. The molecule has 1 aliphatic carbocycles. The van der Waals surface area contributed by atoms with Gasteiger partial charge in [0.2, 0.25) is 0 Å². The molecule has 1 fully saturated rings. The molecule has 1 heterocycles. The summed E-state index contributed by atoms with van der Waals surface area (Å²) >= 11 is 0. The van der Waals surface area contributed by atoms with Crippen LogP contribution in [-0.4, -0.2) is 37.1 Å². The van der Waals surface area contributed by atoms with E-state index < -0.39 is 23.1 Å². The van der Waals surface area contributed by atoms with Crippen LogP contribution in [0.3, 0.4) is 0 Å². The summed E-state index contributed by atoms with van der Waals surface area (Å²) < 4.78 is 33.6. The highest BCUT2D eigenvalue weighted by Crippen LogP contribution is 2.35. The highest BCUT2D eigenvalue weighted by Gasteiger charge is 2.23. The van der Waals surface area contributed by atoms with Gasteiger partial charge in [0.05, 0.1) is 29.5 Å². The number of ether oxygens (including phenoxy) is 1. The molecule has 6 nitrogen and oxygen atoms in total. The lowest BCUT2D eigenvalue weighted by Crippen LogP contribution is -2.19. The number of carbonyl (C=O) groups excluding carboxylic acids is 1. The highest BCUT2D eigenvalue weighted by atomic mass is 19.1. The van der Waals surface area contributed by atoms with Crippen LogP contribution in [0.15, 0.2) is 24.3 Å². The number of aromatic amines is 1. The Hall–Kier alpha value is -3.16. The van der Waals surface area contributed by atoms with Gasteiger partial charge in [0.15, 0.2) is 0 Å². The number of halogens is 2. The molecule has 0 spiro atoms. The van der Waals surface area contributed by atoms with Crippen molar-refractivity contribution in [1.82, 2.24) is 9.97 Å². The molecule has 2 N–H and O–H groups in total. The van der Waals surface area contributed by atoms with Gasteiger partial charge in [-0.15, -0.1) is 0 Å². The molecule has 1 amide bonds. The largest absolute Gasteiger partial charge is 0.497 e. The Morgan fingerprint density at radius 3 is 2.42 bits per heavy atom. The number of fused-ring (bicyclic) bond motifs is 1. The number of benzene rings is 2. The number of nitrogens with zero attached hydrogens (tertiary/aromatic N) is 2. The van der Waals surface area contributed by atoms with Crippen molar-refractivity contribution in [3.63, 3.8) is 0 Å². The average Bonchev–Trinajstić information content (AvgIpc) is 3.16. The smallest absolute Gasteiger partial charge is 0.261 e. The summed E-state index contributed by atoms with van der Waals surface area (Å²) in [5, 5.41) is 2.66. The van der Waals surface area contributed by atoms with Gasteiger partial charge in [0.1, 0.15) is 28.8 Å². The number of methoxy groups -OCH3 is 1. The summed E-state index contributed by atoms with van der Waals surface area (Å²) in [5.41, 5.74) is 2.05. The predicted molar refractivity (Wildman–Crippen MR) is 117 cm³/mol. The standard InChI is InChI=1S/C23H26F2N4O2/c1-29(2)20-12-18-17(26-22(27-18)13-7-5-4-6-8-13)11-19(20)28-23(30)21-15(24)9-14(31-3)10-16(21)25/h9-13H,4-8H2,1-3H3,(H,26,27)(H,28,30). The zero-order valence-corrected chi connectivity index (χ0v) is 17.9. The van der Waals surface area contributed by atoms with E-state index >= 15 is 0 Å². The lowest BCUT2D eigenvalue weighted by molar-refractivity contribution is 0.101. The van der Waals surface area contributed by atoms with Crippen molar-refractivity contribution in [2.24, 2.45) is 0 Å². The minimum Gasteiger partial charge on any atom is -0.497 e. The first kappa shape index (κ1) is 21.1. The fourth-order valence-electron chi connectivity index (χ4n) is 4.17. The number of hydrogen-bond acceptors (Lipinski definition) is 4. The molecule has 0 radical (unpaired) electrons. The van der Waals surface area contributed by atoms with E-state index in [0.29, 0.717) is 17.3 Å². The van der Waals surface area contributed by atoms with Crippen LogP contribution in [0, 0.1) is 11.6 Å². The number of carbonyl (C=O) groups is 1. The van der Waals surface area contributed by atoms with Crippen molar-refractivity contribution in [3.05, 3.63) is 47.3 Å². The Morgan fingerprint density at radius 2 is 1.81 bits per heavy atom. The Balaban J connectivity index is 1.69. The van der Waals surface area contributed by atoms with E-state index in [0.717, 1.165) is 41.8 Å². The van der Waals surface area contributed by atoms with Gasteiger partial charge in [-0.1, -0.05) is 19.3 Å². The van der Waals surface area contributed by atoms with Crippen LogP contribution in [-0.2, 0) is 0 Å². The Labute approximate surface area is 179 Å². The molecule has 8 heteroatoms. The third-order valence-electron chi connectivity index (χ3n) is 5.82. The van der Waals surface area contributed by atoms with Crippen LogP contribution in [0.4, 0.5) is 20.2 Å². The van der Waals surface area contributed by atoms with Crippen molar-refractivity contribution >= 4 is 28.3 Å². The molecule has 3 aromatic rings. The number of amides is 1. The van der Waals surface area contributed by atoms with Gasteiger partial charge >= 0.3 is 0 Å². The summed E-state index contributed by atoms with van der Waals surface area (Å²) in [4.78, 5) is 22.7. The van der Waals surface area contributed by atoms with Crippen LogP contribution in [0.2, 0.25) is 0 Å². The molecule has 4 rings (SSSR count). The van der Waals surface area contributed by atoms with Gasteiger partial charge in [0.25, 0.3) is 5.91 Å². The number of hydrogen-bond donors (Lipinski definition) is 2. The van der Waals surface area contributed by atoms with Crippen LogP contribution < -0.4 is 15.0 Å². The van der Waals surface area contributed by atoms with Crippen molar-refractivity contribution < 1.29 is 18.3 Å². The number of aromatic nitrogens is 2. The van der Waals surface area contributed by atoms with E-state index in [1.54, 1.807) is 6.07 Å². The van der Waals surface area contributed by atoms with Gasteiger partial charge < -0.3 is 19.9 Å². The van der Waals surface area contributed by atoms with Crippen LogP contribution >= 0.6 is 0 Å². The number of nitrogens with one attached hydrogen (secondary N) is 2. The topological polar surface area (TPSA) is 70.2 Å². The van der Waals surface area contributed by atoms with Crippen molar-refractivity contribution in [3.8, 4) is 5.75 Å². The van der Waals surface area contributed by atoms with Crippen molar-refractivity contribution in [2.75, 3.05) is 31.4 Å². The molecule has 1 aromatic heterocycles. The quantitative estimate of drug-likeness (QED) is 0.585. The lowest BCUT2D eigenvalue weighted by atomic mass is 9.89. The Kier molecular flexibility index (Phi) is 5.80. The second kappa shape index (κ2) is 8.53. The minimum absolute atomic E-state index is 0.00894. The molecular formula is C23H26F2N4O2. The molecule has 31 heavy (non-hydrogen) atoms. The Morgan fingerprint density at radius 1 is 1.13 bits per heavy atom. The first-order chi connectivity index (χ1) is 14.9. The second-order valence-corrected chi connectivity index (χ2v) is 8.16. The first-order valence-corrected chi connectivity index (χ1v) is 10.4. The maximum Gasteiger partial charge on any atom is 0.261 e. The zero-order chi connectivity index (χ0) is 22.1. The molecule has 164 valence electrons. The molecule has 1 saturated carbocycles. The summed E-state index contributed by atoms with van der Waals surface area (Å²) in [6, 6.07) is 5.61. The van der Waals surface area contributed by atoms with Gasteiger partial charge in [-0.3, -0.25) is 4.79 Å². The second-order valence-electron chi connectivity index (χ2n) is 8.16. The highest BCUT2D eigenvalue weighted by molar-refractivity contribution is 6.07. The number of H-pyrrole nitrogens is 1. The maximum atomic E-state index is 14.4. The van der Waals surface area contributed by atoms with Gasteiger partial charge in [0, 0.05) is 32.1 Å². The van der Waals surface area contributed by atoms with Crippen molar-refractivity contribution in [2.45, 2.75) is 38.0 Å². The van der Waals surface area contributed by atoms with Gasteiger partial charge in [-0.25, -0.2) is 13.8 Å². The molecule has 1 aliphatic rings. The van der Waals surface area contributed by atoms with Crippen molar-refractivity contribution in [1.29, 1.82) is 0 Å². The van der Waals surface area contributed by atoms with Crippen LogP contribution in [0.1, 0.15) is 54.2 Å². The Bertz CT molecular complexity index is 1100. The lowest BCUT2D eigenvalue weighted by Gasteiger charge is -2.18. The molecule has 2 aromatic carbocycles. The first-order valence-electron chi connectivity index (χ1n) is 10.4. The number of imidazole rings is 1. The normalized spacial score (nSPS) is 14.6. The third-order valence-corrected chi connectivity index (χ3v) is 5.82. The van der Waals surface area contributed by atoms with E-state index in [-0.39, 0.29) is 5.75 Å². The maximum absolute atomic E-state index is 14.4. The van der Waals surface area contributed by atoms with E-state index in [1.807, 2.05) is 25.1 Å². The van der Waals surface area contributed by atoms with Gasteiger partial charge in [-0.2, -0.15) is 0 Å². The number of rotatable bonds is 5. The van der Waals surface area contributed by atoms with E-state index in [4.69, 9.17) is 9.72 Å².